The third kappa shape index (κ3) is 3.13. The highest BCUT2D eigenvalue weighted by atomic mass is 127. The zero-order valence-corrected chi connectivity index (χ0v) is 12.5. The second kappa shape index (κ2) is 6.36. The number of anilines is 1. The van der Waals surface area contributed by atoms with Crippen molar-refractivity contribution < 1.29 is 4.79 Å². The van der Waals surface area contributed by atoms with E-state index < -0.39 is 0 Å². The first-order chi connectivity index (χ1) is 8.72. The molecule has 2 unspecified atom stereocenters. The van der Waals surface area contributed by atoms with Crippen LogP contribution >= 0.6 is 22.6 Å². The molecule has 0 saturated heterocycles. The molecule has 1 aromatic carbocycles. The number of carbonyl (C=O) groups excluding carboxylic acids is 1. The summed E-state index contributed by atoms with van der Waals surface area (Å²) in [6.07, 6.45) is 5.42. The first kappa shape index (κ1) is 13.6. The Hall–Kier alpha value is -0.840. The second-order valence-corrected chi connectivity index (χ2v) is 5.88. The van der Waals surface area contributed by atoms with Crippen molar-refractivity contribution >= 4 is 34.1 Å². The second-order valence-electron chi connectivity index (χ2n) is 4.72. The van der Waals surface area contributed by atoms with Crippen molar-refractivity contribution in [1.29, 1.82) is 0 Å². The predicted molar refractivity (Wildman–Crippen MR) is 83.7 cm³/mol. The Balaban J connectivity index is 2.13. The lowest BCUT2D eigenvalue weighted by Crippen LogP contribution is -2.38. The van der Waals surface area contributed by atoms with Gasteiger partial charge < -0.3 is 5.32 Å². The minimum absolute atomic E-state index is 0.0901. The molecule has 2 atom stereocenters. The highest BCUT2D eigenvalue weighted by Gasteiger charge is 2.30. The molecule has 0 spiro atoms. The smallest absolute Gasteiger partial charge is 0.138 e. The van der Waals surface area contributed by atoms with E-state index in [1.165, 1.54) is 3.57 Å². The van der Waals surface area contributed by atoms with Gasteiger partial charge in [0.15, 0.2) is 0 Å². The Morgan fingerprint density at radius 1 is 1.44 bits per heavy atom. The largest absolute Gasteiger partial charge is 0.381 e. The summed E-state index contributed by atoms with van der Waals surface area (Å²) in [4.78, 5) is 12.0. The van der Waals surface area contributed by atoms with Crippen LogP contribution in [0.4, 0.5) is 5.69 Å². The average Bonchev–Trinajstić information content (AvgIpc) is 2.36. The topological polar surface area (TPSA) is 29.1 Å². The third-order valence-electron chi connectivity index (χ3n) is 3.47. The summed E-state index contributed by atoms with van der Waals surface area (Å²) in [5.41, 5.74) is 1.13. The normalized spacial score (nSPS) is 23.7. The van der Waals surface area contributed by atoms with Gasteiger partial charge in [-0.05, 0) is 54.0 Å². The van der Waals surface area contributed by atoms with Crippen molar-refractivity contribution in [2.75, 3.05) is 5.32 Å². The van der Waals surface area contributed by atoms with Gasteiger partial charge in [0.2, 0.25) is 0 Å². The van der Waals surface area contributed by atoms with Crippen molar-refractivity contribution in [3.63, 3.8) is 0 Å². The predicted octanol–water partition coefficient (Wildman–Crippen LogP) is 4.02. The van der Waals surface area contributed by atoms with Crippen molar-refractivity contribution in [2.45, 2.75) is 31.7 Å². The maximum absolute atomic E-state index is 12.0. The van der Waals surface area contributed by atoms with Crippen LogP contribution in [0, 0.1) is 9.49 Å². The van der Waals surface area contributed by atoms with E-state index in [0.717, 1.165) is 31.4 Å². The van der Waals surface area contributed by atoms with Crippen molar-refractivity contribution in [3.05, 3.63) is 40.5 Å². The van der Waals surface area contributed by atoms with Gasteiger partial charge in [0.1, 0.15) is 5.78 Å². The molecule has 1 fully saturated rings. The fraction of sp³-hybridized carbons (Fsp3) is 0.400. The number of rotatable bonds is 4. The average molecular weight is 355 g/mol. The van der Waals surface area contributed by atoms with E-state index in [0.29, 0.717) is 5.78 Å². The molecule has 0 aromatic heterocycles. The number of hydrogen-bond acceptors (Lipinski definition) is 2. The van der Waals surface area contributed by atoms with Gasteiger partial charge >= 0.3 is 0 Å². The number of ketones is 1. The van der Waals surface area contributed by atoms with Crippen LogP contribution in [0.25, 0.3) is 0 Å². The molecule has 1 N–H and O–H groups in total. The highest BCUT2D eigenvalue weighted by molar-refractivity contribution is 14.1. The van der Waals surface area contributed by atoms with Crippen LogP contribution in [0.5, 0.6) is 0 Å². The molecule has 0 radical (unpaired) electrons. The molecule has 0 aliphatic heterocycles. The van der Waals surface area contributed by atoms with E-state index in [-0.39, 0.29) is 12.0 Å². The van der Waals surface area contributed by atoms with Crippen molar-refractivity contribution in [2.24, 2.45) is 5.92 Å². The molecule has 18 heavy (non-hydrogen) atoms. The molecule has 0 bridgehead atoms. The maximum atomic E-state index is 12.0. The van der Waals surface area contributed by atoms with Gasteiger partial charge in [-0.3, -0.25) is 4.79 Å². The van der Waals surface area contributed by atoms with Gasteiger partial charge in [-0.2, -0.15) is 0 Å². The Morgan fingerprint density at radius 3 is 2.94 bits per heavy atom. The molecular formula is C15H18INO. The van der Waals surface area contributed by atoms with Crippen LogP contribution in [0.15, 0.2) is 36.9 Å². The summed E-state index contributed by atoms with van der Waals surface area (Å²) >= 11 is 2.32. The quantitative estimate of drug-likeness (QED) is 0.653. The van der Waals surface area contributed by atoms with E-state index in [4.69, 9.17) is 0 Å². The zero-order chi connectivity index (χ0) is 13.0. The molecule has 96 valence electrons. The van der Waals surface area contributed by atoms with Crippen LogP contribution in [0.3, 0.4) is 0 Å². The number of nitrogens with one attached hydrogen (secondary N) is 1. The van der Waals surface area contributed by atoms with Crippen LogP contribution in [-0.4, -0.2) is 11.8 Å². The lowest BCUT2D eigenvalue weighted by Gasteiger charge is -2.31. The number of benzene rings is 1. The lowest BCUT2D eigenvalue weighted by molar-refractivity contribution is -0.124. The monoisotopic (exact) mass is 355 g/mol. The number of halogens is 1. The van der Waals surface area contributed by atoms with Gasteiger partial charge in [-0.15, -0.1) is 6.58 Å². The molecule has 3 heteroatoms. The number of Topliss-reactive ketones (excluding diaryl/α,β-unsaturated/α-hetero) is 1. The van der Waals surface area contributed by atoms with Gasteiger partial charge in [0.05, 0.1) is 0 Å². The number of carbonyl (C=O) groups is 1. The highest BCUT2D eigenvalue weighted by Crippen LogP contribution is 2.29. The fourth-order valence-electron chi connectivity index (χ4n) is 2.53. The molecule has 0 heterocycles. The summed E-state index contributed by atoms with van der Waals surface area (Å²) in [5.74, 6) is 0.469. The lowest BCUT2D eigenvalue weighted by atomic mass is 9.81. The maximum Gasteiger partial charge on any atom is 0.138 e. The van der Waals surface area contributed by atoms with Crippen LogP contribution in [0.1, 0.15) is 25.7 Å². The van der Waals surface area contributed by atoms with Gasteiger partial charge in [0, 0.05) is 27.6 Å². The SMILES string of the molecule is C=CCC1C(=O)CCCC1Nc1ccccc1I. The Morgan fingerprint density at radius 2 is 2.22 bits per heavy atom. The van der Waals surface area contributed by atoms with E-state index in [2.05, 4.69) is 46.6 Å². The molecule has 1 aromatic rings. The van der Waals surface area contributed by atoms with E-state index in [1.54, 1.807) is 0 Å². The standard InChI is InChI=1S/C15H18INO/c1-2-6-11-13(9-5-10-15(11)18)17-14-8-4-3-7-12(14)16/h2-4,7-8,11,13,17H,1,5-6,9-10H2. The molecule has 0 amide bonds. The van der Waals surface area contributed by atoms with E-state index >= 15 is 0 Å². The Labute approximate surface area is 122 Å². The number of para-hydroxylation sites is 1. The van der Waals surface area contributed by atoms with Gasteiger partial charge in [-0.25, -0.2) is 0 Å². The van der Waals surface area contributed by atoms with Crippen LogP contribution in [0.2, 0.25) is 0 Å². The Kier molecular flexibility index (Phi) is 4.80. The molecule has 2 nitrogen and oxygen atoms in total. The summed E-state index contributed by atoms with van der Waals surface area (Å²) in [6.45, 7) is 3.77. The molecule has 1 aliphatic rings. The number of hydrogen-bond donors (Lipinski definition) is 1. The van der Waals surface area contributed by atoms with Crippen molar-refractivity contribution in [3.8, 4) is 0 Å². The first-order valence-corrected chi connectivity index (χ1v) is 7.45. The van der Waals surface area contributed by atoms with Gasteiger partial charge in [-0.1, -0.05) is 18.2 Å². The van der Waals surface area contributed by atoms with Crippen LogP contribution in [-0.2, 0) is 4.79 Å². The molecular weight excluding hydrogens is 337 g/mol. The summed E-state index contributed by atoms with van der Waals surface area (Å²) < 4.78 is 1.20. The van der Waals surface area contributed by atoms with E-state index in [9.17, 15) is 4.79 Å². The summed E-state index contributed by atoms with van der Waals surface area (Å²) in [5, 5.41) is 3.54. The van der Waals surface area contributed by atoms with Crippen LogP contribution < -0.4 is 5.32 Å². The van der Waals surface area contributed by atoms with Crippen molar-refractivity contribution in [1.82, 2.24) is 0 Å². The first-order valence-electron chi connectivity index (χ1n) is 6.37. The number of allylic oxidation sites excluding steroid dienone is 1. The molecule has 1 saturated carbocycles. The minimum Gasteiger partial charge on any atom is -0.381 e. The van der Waals surface area contributed by atoms with Gasteiger partial charge in [0.25, 0.3) is 0 Å². The summed E-state index contributed by atoms with van der Waals surface area (Å²) in [6, 6.07) is 8.46. The van der Waals surface area contributed by atoms with E-state index in [1.807, 2.05) is 18.2 Å². The zero-order valence-electron chi connectivity index (χ0n) is 10.4. The molecule has 2 rings (SSSR count). The third-order valence-corrected chi connectivity index (χ3v) is 4.41. The Bertz CT molecular complexity index is 444. The fourth-order valence-corrected chi connectivity index (χ4v) is 3.08. The molecule has 1 aliphatic carbocycles. The summed E-state index contributed by atoms with van der Waals surface area (Å²) in [7, 11) is 0. The minimum atomic E-state index is 0.0901.